The number of nitrogens with one attached hydrogen (secondary N) is 1. The van der Waals surface area contributed by atoms with E-state index in [1.165, 1.54) is 0 Å². The number of nitriles is 1. The van der Waals surface area contributed by atoms with Gasteiger partial charge < -0.3 is 4.98 Å². The molecule has 0 spiro atoms. The molecule has 0 bridgehead atoms. The molecule has 0 aromatic carbocycles. The van der Waals surface area contributed by atoms with Gasteiger partial charge in [-0.2, -0.15) is 10.4 Å². The Morgan fingerprint density at radius 3 is 2.81 bits per heavy atom. The summed E-state index contributed by atoms with van der Waals surface area (Å²) in [5, 5.41) is 15.2. The molecule has 0 aliphatic carbocycles. The van der Waals surface area contributed by atoms with Gasteiger partial charge in [-0.1, -0.05) is 0 Å². The summed E-state index contributed by atoms with van der Waals surface area (Å²) >= 11 is 0. The molecule has 1 N–H and O–H groups in total. The molecule has 0 unspecified atom stereocenters. The Kier molecular flexibility index (Phi) is 5.25. The van der Waals surface area contributed by atoms with Gasteiger partial charge in [0.15, 0.2) is 10.7 Å². The number of hydrogen-bond acceptors (Lipinski definition) is 7. The summed E-state index contributed by atoms with van der Waals surface area (Å²) in [7, 11) is -2.36. The van der Waals surface area contributed by atoms with Gasteiger partial charge >= 0.3 is 0 Å². The lowest BCUT2D eigenvalue weighted by atomic mass is 9.84. The van der Waals surface area contributed by atoms with Crippen LogP contribution in [0, 0.1) is 11.3 Å². The largest absolute Gasteiger partial charge is 0.346 e. The highest BCUT2D eigenvalue weighted by Crippen LogP contribution is 2.37. The van der Waals surface area contributed by atoms with Crippen molar-refractivity contribution in [2.24, 2.45) is 0 Å². The maximum atomic E-state index is 11.0. The third kappa shape index (κ3) is 3.73. The summed E-state index contributed by atoms with van der Waals surface area (Å²) in [4.78, 5) is 11.9. The van der Waals surface area contributed by atoms with Crippen molar-refractivity contribution in [3.8, 4) is 17.2 Å². The minimum atomic E-state index is -2.36. The minimum absolute atomic E-state index is 0.153. The van der Waals surface area contributed by atoms with Crippen LogP contribution < -0.4 is 0 Å². The van der Waals surface area contributed by atoms with Gasteiger partial charge in [0.05, 0.1) is 24.6 Å². The number of likely N-dealkylation sites (tertiary alicyclic amines) is 2. The highest BCUT2D eigenvalue weighted by Gasteiger charge is 2.48. The van der Waals surface area contributed by atoms with Crippen LogP contribution in [0.5, 0.6) is 0 Å². The number of aromatic nitrogens is 4. The molecule has 2 saturated heterocycles. The Bertz CT molecular complexity index is 1190. The van der Waals surface area contributed by atoms with Gasteiger partial charge in [-0.25, -0.2) is 13.4 Å². The van der Waals surface area contributed by atoms with Crippen LogP contribution in [0.3, 0.4) is 0 Å². The minimum Gasteiger partial charge on any atom is -0.346 e. The van der Waals surface area contributed by atoms with E-state index >= 15 is 0 Å². The van der Waals surface area contributed by atoms with Crippen LogP contribution in [-0.4, -0.2) is 76.1 Å². The van der Waals surface area contributed by atoms with Crippen molar-refractivity contribution in [2.45, 2.75) is 30.8 Å². The zero-order valence-corrected chi connectivity index (χ0v) is 18.0. The van der Waals surface area contributed by atoms with Crippen molar-refractivity contribution in [1.82, 2.24) is 29.5 Å². The van der Waals surface area contributed by atoms with Gasteiger partial charge in [-0.3, -0.25) is 14.5 Å². The van der Waals surface area contributed by atoms with Crippen LogP contribution in [0.15, 0.2) is 36.9 Å². The number of thiol groups is 1. The van der Waals surface area contributed by atoms with Gasteiger partial charge in [0, 0.05) is 61.8 Å². The van der Waals surface area contributed by atoms with E-state index in [0.29, 0.717) is 12.5 Å². The molecule has 2 fully saturated rings. The summed E-state index contributed by atoms with van der Waals surface area (Å²) in [6.45, 7) is 3.18. The van der Waals surface area contributed by atoms with Crippen molar-refractivity contribution >= 4 is 21.7 Å². The lowest BCUT2D eigenvalue weighted by Crippen LogP contribution is -2.66. The first-order valence-electron chi connectivity index (χ1n) is 10.5. The number of aromatic amines is 1. The average Bonchev–Trinajstić information content (AvgIpc) is 3.40. The highest BCUT2D eigenvalue weighted by atomic mass is 32.2. The highest BCUT2D eigenvalue weighted by molar-refractivity contribution is 7.72. The van der Waals surface area contributed by atoms with E-state index in [1.54, 1.807) is 6.20 Å². The molecule has 3 aromatic rings. The smallest absolute Gasteiger partial charge is 0.153 e. The predicted molar refractivity (Wildman–Crippen MR) is 117 cm³/mol. The lowest BCUT2D eigenvalue weighted by Gasteiger charge is -2.53. The molecular formula is C21H25N7O2S. The van der Waals surface area contributed by atoms with Crippen molar-refractivity contribution in [3.05, 3.63) is 36.9 Å². The van der Waals surface area contributed by atoms with Crippen LogP contribution in [-0.2, 0) is 16.2 Å². The number of pyridine rings is 1. The van der Waals surface area contributed by atoms with Crippen molar-refractivity contribution in [2.75, 3.05) is 32.1 Å². The van der Waals surface area contributed by atoms with E-state index in [1.807, 2.05) is 40.3 Å². The first-order chi connectivity index (χ1) is 15.1. The number of rotatable bonds is 6. The first-order valence-corrected chi connectivity index (χ1v) is 11.9. The number of fused-ring (bicyclic) bond motifs is 1. The second-order valence-corrected chi connectivity index (χ2v) is 9.51. The molecule has 10 heteroatoms. The Labute approximate surface area is 182 Å². The third-order valence-corrected chi connectivity index (χ3v) is 7.26. The van der Waals surface area contributed by atoms with Gasteiger partial charge in [-0.05, 0) is 30.5 Å². The number of nitrogens with zero attached hydrogens (tertiary/aromatic N) is 6. The average molecular weight is 440 g/mol. The number of hydrogen-bond donors (Lipinski definition) is 2. The second kappa shape index (κ2) is 8.07. The van der Waals surface area contributed by atoms with E-state index in [2.05, 4.69) is 26.0 Å². The summed E-state index contributed by atoms with van der Waals surface area (Å²) in [5.74, 6) is 0.153. The molecule has 0 amide bonds. The maximum absolute atomic E-state index is 11.0. The molecule has 162 valence electrons. The van der Waals surface area contributed by atoms with Gasteiger partial charge in [0.2, 0.25) is 0 Å². The van der Waals surface area contributed by atoms with Crippen molar-refractivity contribution in [3.63, 3.8) is 0 Å². The van der Waals surface area contributed by atoms with E-state index in [-0.39, 0.29) is 11.4 Å². The van der Waals surface area contributed by atoms with Gasteiger partial charge in [0.25, 0.3) is 0 Å². The van der Waals surface area contributed by atoms with Crippen molar-refractivity contribution < 1.29 is 8.42 Å². The molecule has 9 nitrogen and oxygen atoms in total. The lowest BCUT2D eigenvalue weighted by molar-refractivity contribution is -0.0417. The second-order valence-electron chi connectivity index (χ2n) is 8.56. The monoisotopic (exact) mass is 439 g/mol. The molecular weight excluding hydrogens is 414 g/mol. The number of H-pyrrole nitrogens is 1. The van der Waals surface area contributed by atoms with E-state index in [0.717, 1.165) is 61.2 Å². The fourth-order valence-corrected chi connectivity index (χ4v) is 5.59. The van der Waals surface area contributed by atoms with Crippen LogP contribution in [0.25, 0.3) is 22.2 Å². The predicted octanol–water partition coefficient (Wildman–Crippen LogP) is 1.38. The van der Waals surface area contributed by atoms with E-state index in [9.17, 15) is 13.7 Å². The molecule has 2 aliphatic rings. The van der Waals surface area contributed by atoms with Gasteiger partial charge in [-0.15, -0.1) is 0 Å². The summed E-state index contributed by atoms with van der Waals surface area (Å²) in [6.07, 6.45) is 9.91. The standard InChI is InChI=1S/C21H25N7O2S/c22-6-5-21(13-27(14-21)17-3-9-26(10-4-17)15-31(29)30)28-12-16(11-25-28)18-1-7-23-20-19(18)2-8-24-20/h1-2,7-8,11-12,17,31H,3-5,9-10,13-15H2,(H,23,24). The topological polar surface area (TPSA) is 111 Å². The fraction of sp³-hybridized carbons (Fsp3) is 0.476. The molecule has 2 aliphatic heterocycles. The normalized spacial score (nSPS) is 20.1. The fourth-order valence-electron chi connectivity index (χ4n) is 4.98. The molecule has 5 rings (SSSR count). The Hall–Kier alpha value is -2.74. The van der Waals surface area contributed by atoms with Crippen molar-refractivity contribution in [1.29, 1.82) is 5.26 Å². The third-order valence-electron chi connectivity index (χ3n) is 6.63. The molecule has 0 saturated carbocycles. The van der Waals surface area contributed by atoms with Crippen LogP contribution in [0.1, 0.15) is 19.3 Å². The van der Waals surface area contributed by atoms with Crippen LogP contribution in [0.2, 0.25) is 0 Å². The molecule has 3 aromatic heterocycles. The Balaban J connectivity index is 1.31. The molecule has 0 radical (unpaired) electrons. The first kappa shape index (κ1) is 20.2. The zero-order chi connectivity index (χ0) is 21.4. The number of piperidine rings is 1. The van der Waals surface area contributed by atoms with E-state index < -0.39 is 10.7 Å². The Morgan fingerprint density at radius 2 is 2.06 bits per heavy atom. The van der Waals surface area contributed by atoms with Crippen LogP contribution in [0.4, 0.5) is 0 Å². The summed E-state index contributed by atoms with van der Waals surface area (Å²) in [5.41, 5.74) is 2.62. The molecule has 0 atom stereocenters. The Morgan fingerprint density at radius 1 is 1.26 bits per heavy atom. The summed E-state index contributed by atoms with van der Waals surface area (Å²) < 4.78 is 23.9. The SMILES string of the molecule is N#CCC1(n2cc(-c3ccnc4[nH]ccc34)cn2)CN(C2CCN(C[SH](=O)=O)CC2)C1. The van der Waals surface area contributed by atoms with Crippen LogP contribution >= 0.6 is 0 Å². The maximum Gasteiger partial charge on any atom is 0.153 e. The molecule has 31 heavy (non-hydrogen) atoms. The zero-order valence-electron chi connectivity index (χ0n) is 17.1. The van der Waals surface area contributed by atoms with E-state index in [4.69, 9.17) is 0 Å². The molecule has 5 heterocycles. The quantitative estimate of drug-likeness (QED) is 0.558. The summed E-state index contributed by atoms with van der Waals surface area (Å²) in [6, 6.07) is 6.80. The van der Waals surface area contributed by atoms with Gasteiger partial charge in [0.1, 0.15) is 11.2 Å².